The summed E-state index contributed by atoms with van der Waals surface area (Å²) in [5.74, 6) is 0.378. The predicted octanol–water partition coefficient (Wildman–Crippen LogP) is 3.63. The number of benzene rings is 1. The van der Waals surface area contributed by atoms with Gasteiger partial charge in [0.15, 0.2) is 5.65 Å². The van der Waals surface area contributed by atoms with Gasteiger partial charge in [0.05, 0.1) is 30.1 Å². The number of furan rings is 1. The number of nitrogens with two attached hydrogens (primary N) is 1. The van der Waals surface area contributed by atoms with Crippen molar-refractivity contribution < 1.29 is 9.21 Å². The second kappa shape index (κ2) is 7.45. The van der Waals surface area contributed by atoms with Crippen LogP contribution in [0.5, 0.6) is 0 Å². The average Bonchev–Trinajstić information content (AvgIpc) is 3.50. The number of hydrogen-bond acceptors (Lipinski definition) is 7. The normalized spacial score (nSPS) is 11.6. The van der Waals surface area contributed by atoms with E-state index < -0.39 is 0 Å². The second-order valence-electron chi connectivity index (χ2n) is 6.48. The van der Waals surface area contributed by atoms with E-state index in [0.717, 1.165) is 4.88 Å². The Morgan fingerprint density at radius 1 is 1.17 bits per heavy atom. The maximum Gasteiger partial charge on any atom is 0.257 e. The smallest absolute Gasteiger partial charge is 0.257 e. The first kappa shape index (κ1) is 18.1. The molecule has 148 valence electrons. The van der Waals surface area contributed by atoms with Crippen molar-refractivity contribution in [2.45, 2.75) is 6.54 Å². The summed E-state index contributed by atoms with van der Waals surface area (Å²) >= 11 is 1.57. The fourth-order valence-corrected chi connectivity index (χ4v) is 3.78. The van der Waals surface area contributed by atoms with Gasteiger partial charge in [0.25, 0.3) is 5.91 Å². The van der Waals surface area contributed by atoms with E-state index in [-0.39, 0.29) is 17.3 Å². The number of fused-ring (bicyclic) bond motifs is 2. The molecule has 1 amide bonds. The number of carbonyl (C=O) groups is 1. The summed E-state index contributed by atoms with van der Waals surface area (Å²) < 4.78 is 6.71. The molecule has 3 N–H and O–H groups in total. The van der Waals surface area contributed by atoms with Gasteiger partial charge in [0.1, 0.15) is 22.7 Å². The van der Waals surface area contributed by atoms with Crippen LogP contribution in [0.3, 0.4) is 0 Å². The molecule has 4 heterocycles. The number of nitrogen functional groups attached to an aromatic ring is 1. The zero-order chi connectivity index (χ0) is 20.5. The van der Waals surface area contributed by atoms with Gasteiger partial charge in [-0.3, -0.25) is 4.79 Å². The molecule has 9 heteroatoms. The standard InChI is InChI=1S/C21H16N6O2S/c22-19-17(21(28)23-12-14-6-4-10-30-14)18-20(26-16-8-2-1-7-15(16)25-18)27(19)24-11-13-5-3-9-29-13/h1-11H,12,22H2,(H,23,28)/b24-11+. The van der Waals surface area contributed by atoms with Crippen LogP contribution in [0.15, 0.2) is 69.7 Å². The number of anilines is 1. The van der Waals surface area contributed by atoms with E-state index in [9.17, 15) is 4.79 Å². The third-order valence-electron chi connectivity index (χ3n) is 4.55. The van der Waals surface area contributed by atoms with Crippen molar-refractivity contribution in [3.05, 3.63) is 76.4 Å². The molecule has 0 aliphatic rings. The van der Waals surface area contributed by atoms with E-state index in [1.54, 1.807) is 29.7 Å². The van der Waals surface area contributed by atoms with Gasteiger partial charge >= 0.3 is 0 Å². The van der Waals surface area contributed by atoms with Crippen molar-refractivity contribution in [2.24, 2.45) is 5.10 Å². The van der Waals surface area contributed by atoms with Crippen LogP contribution in [0.25, 0.3) is 22.2 Å². The molecule has 8 nitrogen and oxygen atoms in total. The van der Waals surface area contributed by atoms with Crippen molar-refractivity contribution >= 4 is 51.5 Å². The number of aromatic nitrogens is 3. The second-order valence-corrected chi connectivity index (χ2v) is 7.51. The number of para-hydroxylation sites is 2. The van der Waals surface area contributed by atoms with Gasteiger partial charge in [-0.05, 0) is 35.7 Å². The van der Waals surface area contributed by atoms with Crippen molar-refractivity contribution in [1.82, 2.24) is 20.0 Å². The van der Waals surface area contributed by atoms with Crippen LogP contribution in [0.4, 0.5) is 5.82 Å². The highest BCUT2D eigenvalue weighted by molar-refractivity contribution is 7.09. The SMILES string of the molecule is Nc1c(C(=O)NCc2cccs2)c2nc3ccccc3nc2n1/N=C/c1ccco1. The van der Waals surface area contributed by atoms with E-state index in [4.69, 9.17) is 10.2 Å². The fraction of sp³-hybridized carbons (Fsp3) is 0.0476. The number of hydrogen-bond donors (Lipinski definition) is 2. The third kappa shape index (κ3) is 3.20. The molecule has 30 heavy (non-hydrogen) atoms. The van der Waals surface area contributed by atoms with E-state index in [2.05, 4.69) is 20.4 Å². The topological polar surface area (TPSA) is 111 Å². The summed E-state index contributed by atoms with van der Waals surface area (Å²) in [5.41, 5.74) is 8.74. The Hall–Kier alpha value is -3.98. The molecule has 0 atom stereocenters. The molecule has 0 aliphatic carbocycles. The van der Waals surface area contributed by atoms with E-state index >= 15 is 0 Å². The summed E-state index contributed by atoms with van der Waals surface area (Å²) in [4.78, 5) is 23.4. The van der Waals surface area contributed by atoms with Crippen LogP contribution >= 0.6 is 11.3 Å². The summed E-state index contributed by atoms with van der Waals surface area (Å²) in [6.45, 7) is 0.402. The Morgan fingerprint density at radius 2 is 2.00 bits per heavy atom. The predicted molar refractivity (Wildman–Crippen MR) is 117 cm³/mol. The van der Waals surface area contributed by atoms with Crippen molar-refractivity contribution in [2.75, 3.05) is 5.73 Å². The first-order valence-corrected chi connectivity index (χ1v) is 10.0. The molecular weight excluding hydrogens is 400 g/mol. The minimum atomic E-state index is -0.331. The molecule has 1 aromatic carbocycles. The Labute approximate surface area is 174 Å². The highest BCUT2D eigenvalue weighted by Crippen LogP contribution is 2.28. The van der Waals surface area contributed by atoms with E-state index in [0.29, 0.717) is 34.5 Å². The van der Waals surface area contributed by atoms with Crippen LogP contribution in [0, 0.1) is 0 Å². The minimum absolute atomic E-state index is 0.159. The van der Waals surface area contributed by atoms with Crippen LogP contribution < -0.4 is 11.1 Å². The first-order valence-electron chi connectivity index (χ1n) is 9.16. The van der Waals surface area contributed by atoms with Crippen molar-refractivity contribution in [1.29, 1.82) is 0 Å². The molecule has 5 rings (SSSR count). The molecule has 0 saturated carbocycles. The Kier molecular flexibility index (Phi) is 4.49. The maximum atomic E-state index is 13.0. The van der Waals surface area contributed by atoms with Gasteiger partial charge in [-0.2, -0.15) is 9.78 Å². The molecule has 5 aromatic rings. The maximum absolute atomic E-state index is 13.0. The largest absolute Gasteiger partial charge is 0.463 e. The molecule has 0 bridgehead atoms. The number of rotatable bonds is 5. The third-order valence-corrected chi connectivity index (χ3v) is 5.42. The van der Waals surface area contributed by atoms with Crippen LogP contribution in [-0.2, 0) is 6.54 Å². The number of amides is 1. The first-order chi connectivity index (χ1) is 14.7. The van der Waals surface area contributed by atoms with Gasteiger partial charge in [-0.25, -0.2) is 9.97 Å². The fourth-order valence-electron chi connectivity index (χ4n) is 3.14. The zero-order valence-electron chi connectivity index (χ0n) is 15.6. The van der Waals surface area contributed by atoms with Gasteiger partial charge in [0.2, 0.25) is 0 Å². The van der Waals surface area contributed by atoms with Crippen LogP contribution in [0.1, 0.15) is 21.0 Å². The molecule has 0 fully saturated rings. The van der Waals surface area contributed by atoms with E-state index in [1.807, 2.05) is 41.8 Å². The summed E-state index contributed by atoms with van der Waals surface area (Å²) in [6.07, 6.45) is 3.06. The van der Waals surface area contributed by atoms with Crippen LogP contribution in [0.2, 0.25) is 0 Å². The lowest BCUT2D eigenvalue weighted by molar-refractivity contribution is 0.0953. The zero-order valence-corrected chi connectivity index (χ0v) is 16.5. The molecule has 0 unspecified atom stereocenters. The number of nitrogens with one attached hydrogen (secondary N) is 1. The molecular formula is C21H16N6O2S. The molecule has 0 aliphatic heterocycles. The lowest BCUT2D eigenvalue weighted by atomic mass is 10.2. The number of nitrogens with zero attached hydrogens (tertiary/aromatic N) is 4. The van der Waals surface area contributed by atoms with Crippen LogP contribution in [-0.4, -0.2) is 26.8 Å². The van der Waals surface area contributed by atoms with Gasteiger partial charge in [-0.1, -0.05) is 18.2 Å². The number of carbonyl (C=O) groups excluding carboxylic acids is 1. The van der Waals surface area contributed by atoms with Crippen molar-refractivity contribution in [3.8, 4) is 0 Å². The minimum Gasteiger partial charge on any atom is -0.463 e. The van der Waals surface area contributed by atoms with Gasteiger partial charge in [-0.15, -0.1) is 11.3 Å². The summed E-state index contributed by atoms with van der Waals surface area (Å²) in [6, 6.07) is 14.9. The monoisotopic (exact) mass is 416 g/mol. The Balaban J connectivity index is 1.63. The summed E-state index contributed by atoms with van der Waals surface area (Å²) in [7, 11) is 0. The molecule has 0 saturated heterocycles. The quantitative estimate of drug-likeness (QED) is 0.425. The number of thiophene rings is 1. The lowest BCUT2D eigenvalue weighted by Crippen LogP contribution is -2.23. The van der Waals surface area contributed by atoms with E-state index in [1.165, 1.54) is 10.9 Å². The molecule has 0 spiro atoms. The molecule has 0 radical (unpaired) electrons. The lowest BCUT2D eigenvalue weighted by Gasteiger charge is -2.04. The highest BCUT2D eigenvalue weighted by atomic mass is 32.1. The van der Waals surface area contributed by atoms with Crippen molar-refractivity contribution in [3.63, 3.8) is 0 Å². The highest BCUT2D eigenvalue weighted by Gasteiger charge is 2.24. The molecule has 4 aromatic heterocycles. The average molecular weight is 416 g/mol. The van der Waals surface area contributed by atoms with Gasteiger partial charge < -0.3 is 15.5 Å². The Bertz CT molecular complexity index is 1370. The Morgan fingerprint density at radius 3 is 2.73 bits per heavy atom. The summed E-state index contributed by atoms with van der Waals surface area (Å²) in [5, 5.41) is 9.26. The van der Waals surface area contributed by atoms with Gasteiger partial charge in [0, 0.05) is 4.88 Å².